The zero-order valence-corrected chi connectivity index (χ0v) is 11.8. The van der Waals surface area contributed by atoms with Crippen molar-refractivity contribution in [3.63, 3.8) is 0 Å². The summed E-state index contributed by atoms with van der Waals surface area (Å²) in [5.41, 5.74) is -0.701. The topological polar surface area (TPSA) is 110 Å². The van der Waals surface area contributed by atoms with Crippen molar-refractivity contribution in [1.29, 1.82) is 0 Å². The van der Waals surface area contributed by atoms with E-state index < -0.39 is 34.4 Å². The quantitative estimate of drug-likeness (QED) is 0.505. The highest BCUT2D eigenvalue weighted by molar-refractivity contribution is 6.02. The van der Waals surface area contributed by atoms with Gasteiger partial charge in [0.25, 0.3) is 5.69 Å². The van der Waals surface area contributed by atoms with Crippen molar-refractivity contribution in [2.24, 2.45) is 11.8 Å². The Morgan fingerprint density at radius 2 is 2.26 bits per heavy atom. The first-order chi connectivity index (χ1) is 10.9. The molecule has 3 heterocycles. The Hall–Kier alpha value is -2.74. The molecular weight excluding hydrogens is 304 g/mol. The van der Waals surface area contributed by atoms with Crippen molar-refractivity contribution in [3.05, 3.63) is 46.5 Å². The van der Waals surface area contributed by atoms with E-state index in [2.05, 4.69) is 0 Å². The number of benzene rings is 1. The van der Waals surface area contributed by atoms with Crippen LogP contribution in [0.3, 0.4) is 0 Å². The molecular formula is C15H12N2O6. The number of amides is 1. The third kappa shape index (κ3) is 1.75. The molecule has 118 valence electrons. The molecule has 0 radical (unpaired) electrons. The lowest BCUT2D eigenvalue weighted by atomic mass is 9.77. The smallest absolute Gasteiger partial charge is 0.310 e. The van der Waals surface area contributed by atoms with Gasteiger partial charge in [0.15, 0.2) is 0 Å². The molecule has 2 bridgehead atoms. The molecule has 1 N–H and O–H groups in total. The van der Waals surface area contributed by atoms with Gasteiger partial charge in [-0.25, -0.2) is 0 Å². The fraction of sp³-hybridized carbons (Fsp3) is 0.333. The molecule has 2 saturated heterocycles. The average molecular weight is 316 g/mol. The number of hydrogen-bond donors (Lipinski definition) is 1. The van der Waals surface area contributed by atoms with E-state index in [1.54, 1.807) is 18.2 Å². The van der Waals surface area contributed by atoms with Crippen molar-refractivity contribution in [2.45, 2.75) is 11.7 Å². The highest BCUT2D eigenvalue weighted by atomic mass is 16.6. The summed E-state index contributed by atoms with van der Waals surface area (Å²) < 4.78 is 5.77. The van der Waals surface area contributed by atoms with E-state index in [0.29, 0.717) is 5.69 Å². The zero-order valence-electron chi connectivity index (χ0n) is 11.8. The number of anilines is 1. The van der Waals surface area contributed by atoms with Gasteiger partial charge in [0, 0.05) is 12.1 Å². The molecule has 2 unspecified atom stereocenters. The number of fused-ring (bicyclic) bond motifs is 1. The van der Waals surface area contributed by atoms with Crippen molar-refractivity contribution in [1.82, 2.24) is 0 Å². The van der Waals surface area contributed by atoms with Crippen molar-refractivity contribution in [3.8, 4) is 0 Å². The van der Waals surface area contributed by atoms with Crippen molar-refractivity contribution >= 4 is 23.3 Å². The van der Waals surface area contributed by atoms with Crippen molar-refractivity contribution < 1.29 is 24.4 Å². The van der Waals surface area contributed by atoms with Gasteiger partial charge < -0.3 is 14.7 Å². The van der Waals surface area contributed by atoms with Crippen LogP contribution in [0.15, 0.2) is 36.4 Å². The lowest BCUT2D eigenvalue weighted by molar-refractivity contribution is -0.384. The summed E-state index contributed by atoms with van der Waals surface area (Å²) in [6.45, 7) is 0.161. The number of nitro benzene ring substituents is 1. The van der Waals surface area contributed by atoms with E-state index in [0.717, 1.165) is 0 Å². The van der Waals surface area contributed by atoms with Crippen LogP contribution in [0, 0.1) is 22.0 Å². The van der Waals surface area contributed by atoms with Crippen LogP contribution in [0.4, 0.5) is 11.4 Å². The minimum atomic E-state index is -1.07. The molecule has 1 aromatic rings. The summed E-state index contributed by atoms with van der Waals surface area (Å²) in [6.07, 6.45) is 2.84. The predicted molar refractivity (Wildman–Crippen MR) is 76.8 cm³/mol. The SMILES string of the molecule is O=C(O)C1C2C(=O)N(c3cccc([N+](=O)[O-])c3)C[C@@]23C=C[C@@H]1O3. The molecule has 4 atom stereocenters. The Morgan fingerprint density at radius 1 is 1.48 bits per heavy atom. The normalized spacial score (nSPS) is 34.0. The molecule has 2 fully saturated rings. The Kier molecular flexibility index (Phi) is 2.65. The van der Waals surface area contributed by atoms with Gasteiger partial charge in [-0.05, 0) is 6.07 Å². The second-order valence-corrected chi connectivity index (χ2v) is 5.94. The number of nitrogens with zero attached hydrogens (tertiary/aromatic N) is 2. The molecule has 3 aliphatic rings. The maximum absolute atomic E-state index is 12.7. The van der Waals surface area contributed by atoms with Gasteiger partial charge in [-0.15, -0.1) is 0 Å². The van der Waals surface area contributed by atoms with Gasteiger partial charge in [-0.2, -0.15) is 0 Å². The Balaban J connectivity index is 1.73. The first kappa shape index (κ1) is 13.9. The third-order valence-electron chi connectivity index (χ3n) is 4.74. The van der Waals surface area contributed by atoms with Gasteiger partial charge in [0.1, 0.15) is 11.5 Å². The van der Waals surface area contributed by atoms with E-state index in [4.69, 9.17) is 4.74 Å². The second-order valence-electron chi connectivity index (χ2n) is 5.94. The fourth-order valence-corrected chi connectivity index (χ4v) is 3.77. The maximum Gasteiger partial charge on any atom is 0.310 e. The lowest BCUT2D eigenvalue weighted by Crippen LogP contribution is -2.39. The van der Waals surface area contributed by atoms with Crippen LogP contribution in [0.1, 0.15) is 0 Å². The first-order valence-corrected chi connectivity index (χ1v) is 7.09. The molecule has 1 amide bonds. The summed E-state index contributed by atoms with van der Waals surface area (Å²) in [5.74, 6) is -3.16. The van der Waals surface area contributed by atoms with Gasteiger partial charge in [-0.3, -0.25) is 19.7 Å². The molecule has 1 aromatic carbocycles. The number of aliphatic carboxylic acids is 1. The van der Waals surface area contributed by atoms with Crippen LogP contribution in [-0.2, 0) is 14.3 Å². The second kappa shape index (κ2) is 4.39. The standard InChI is InChI=1S/C15H12N2O6/c18-13-12-11(14(19)20)10-4-5-15(12,23-10)7-16(13)8-2-1-3-9(6-8)17(21)22/h1-6,10-12H,7H2,(H,19,20)/t10-,11?,12?,15-/m0/s1. The van der Waals surface area contributed by atoms with Crippen LogP contribution in [0.5, 0.6) is 0 Å². The van der Waals surface area contributed by atoms with Crippen LogP contribution in [0.2, 0.25) is 0 Å². The number of carboxylic acid groups (broad SMARTS) is 1. The van der Waals surface area contributed by atoms with E-state index in [1.165, 1.54) is 23.1 Å². The number of ether oxygens (including phenoxy) is 1. The minimum absolute atomic E-state index is 0.125. The van der Waals surface area contributed by atoms with Crippen LogP contribution in [0.25, 0.3) is 0 Å². The van der Waals surface area contributed by atoms with E-state index in [9.17, 15) is 24.8 Å². The summed E-state index contributed by atoms with van der Waals surface area (Å²) in [6, 6.07) is 5.73. The first-order valence-electron chi connectivity index (χ1n) is 7.09. The monoisotopic (exact) mass is 316 g/mol. The number of non-ortho nitro benzene ring substituents is 1. The van der Waals surface area contributed by atoms with E-state index >= 15 is 0 Å². The third-order valence-corrected chi connectivity index (χ3v) is 4.74. The fourth-order valence-electron chi connectivity index (χ4n) is 3.77. The predicted octanol–water partition coefficient (Wildman–Crippen LogP) is 0.966. The molecule has 0 aromatic heterocycles. The molecule has 8 heteroatoms. The largest absolute Gasteiger partial charge is 0.481 e. The van der Waals surface area contributed by atoms with Crippen molar-refractivity contribution in [2.75, 3.05) is 11.4 Å². The molecule has 3 aliphatic heterocycles. The van der Waals surface area contributed by atoms with E-state index in [1.807, 2.05) is 0 Å². The molecule has 0 aliphatic carbocycles. The summed E-state index contributed by atoms with van der Waals surface area (Å²) in [4.78, 5) is 36.0. The molecule has 23 heavy (non-hydrogen) atoms. The summed E-state index contributed by atoms with van der Waals surface area (Å²) in [5, 5.41) is 20.3. The Bertz CT molecular complexity index is 775. The zero-order chi connectivity index (χ0) is 16.4. The minimum Gasteiger partial charge on any atom is -0.481 e. The number of nitro groups is 1. The maximum atomic E-state index is 12.7. The highest BCUT2D eigenvalue weighted by Crippen LogP contribution is 2.52. The number of hydrogen-bond acceptors (Lipinski definition) is 5. The number of rotatable bonds is 3. The Morgan fingerprint density at radius 3 is 2.96 bits per heavy atom. The van der Waals surface area contributed by atoms with Gasteiger partial charge >= 0.3 is 5.97 Å². The molecule has 4 rings (SSSR count). The number of carbonyl (C=O) groups is 2. The van der Waals surface area contributed by atoms with Gasteiger partial charge in [0.05, 0.1) is 29.2 Å². The Labute approximate surface area is 130 Å². The number of carboxylic acids is 1. The number of carbonyl (C=O) groups excluding carboxylic acids is 1. The lowest BCUT2D eigenvalue weighted by Gasteiger charge is -2.21. The molecule has 1 spiro atoms. The molecule has 0 saturated carbocycles. The average Bonchev–Trinajstić information content (AvgIpc) is 3.15. The van der Waals surface area contributed by atoms with Crippen LogP contribution < -0.4 is 4.90 Å². The van der Waals surface area contributed by atoms with Gasteiger partial charge in [-0.1, -0.05) is 18.2 Å². The van der Waals surface area contributed by atoms with Crippen LogP contribution >= 0.6 is 0 Å². The van der Waals surface area contributed by atoms with Crippen LogP contribution in [-0.4, -0.2) is 40.2 Å². The van der Waals surface area contributed by atoms with E-state index in [-0.39, 0.29) is 18.1 Å². The summed E-state index contributed by atoms with van der Waals surface area (Å²) >= 11 is 0. The summed E-state index contributed by atoms with van der Waals surface area (Å²) in [7, 11) is 0. The highest BCUT2D eigenvalue weighted by Gasteiger charge is 2.67. The molecule has 8 nitrogen and oxygen atoms in total. The van der Waals surface area contributed by atoms with Gasteiger partial charge in [0.2, 0.25) is 5.91 Å².